The summed E-state index contributed by atoms with van der Waals surface area (Å²) in [6.07, 6.45) is 11.0. The lowest BCUT2D eigenvalue weighted by molar-refractivity contribution is 0.0410. The molecule has 4 heteroatoms. The molecule has 2 nitrogen and oxygen atoms in total. The lowest BCUT2D eigenvalue weighted by Crippen LogP contribution is -2.02. The van der Waals surface area contributed by atoms with E-state index in [1.807, 2.05) is 12.1 Å². The fourth-order valence-corrected chi connectivity index (χ4v) is 4.55. The number of alkyl halides is 1. The highest BCUT2D eigenvalue weighted by atomic mass is 79.9. The quantitative estimate of drug-likeness (QED) is 0.325. The predicted molar refractivity (Wildman–Crippen MR) is 129 cm³/mol. The van der Waals surface area contributed by atoms with Gasteiger partial charge in [-0.05, 0) is 72.4 Å². The van der Waals surface area contributed by atoms with Crippen LogP contribution < -0.4 is 4.74 Å². The van der Waals surface area contributed by atoms with E-state index in [2.05, 4.69) is 76.2 Å². The molecule has 2 atom stereocenters. The fraction of sp³-hybridized carbons (Fsp3) is 0.440. The minimum Gasteiger partial charge on any atom is -0.497 e. The topological polar surface area (TPSA) is 18.5 Å². The molecule has 0 fully saturated rings. The van der Waals surface area contributed by atoms with Crippen molar-refractivity contribution in [1.82, 2.24) is 0 Å². The fourth-order valence-electron chi connectivity index (χ4n) is 3.50. The molecule has 0 radical (unpaired) electrons. The van der Waals surface area contributed by atoms with Crippen LogP contribution in [0.3, 0.4) is 0 Å². The van der Waals surface area contributed by atoms with Crippen molar-refractivity contribution in [3.05, 3.63) is 64.7 Å². The van der Waals surface area contributed by atoms with Crippen LogP contribution in [-0.4, -0.2) is 25.9 Å². The average molecular weight is 475 g/mol. The Morgan fingerprint density at radius 2 is 1.90 bits per heavy atom. The number of methoxy groups -OCH3 is 1. The molecule has 3 rings (SSSR count). The highest BCUT2D eigenvalue weighted by Gasteiger charge is 2.24. The normalized spacial score (nSPS) is 17.2. The van der Waals surface area contributed by atoms with Crippen molar-refractivity contribution in [3.63, 3.8) is 0 Å². The molecule has 0 bridgehead atoms. The van der Waals surface area contributed by atoms with Gasteiger partial charge in [-0.15, -0.1) is 0 Å². The number of hydrogen-bond donors (Lipinski definition) is 0. The molecular weight excluding hydrogens is 444 g/mol. The molecule has 0 heterocycles. The second kappa shape index (κ2) is 10.1. The predicted octanol–water partition coefficient (Wildman–Crippen LogP) is 6.77. The third kappa shape index (κ3) is 6.54. The highest BCUT2D eigenvalue weighted by molar-refractivity contribution is 9.09. The summed E-state index contributed by atoms with van der Waals surface area (Å²) in [4.78, 5) is 0.333. The van der Waals surface area contributed by atoms with Gasteiger partial charge in [0.25, 0.3) is 0 Å². The number of benzene rings is 2. The Labute approximate surface area is 185 Å². The van der Waals surface area contributed by atoms with E-state index in [1.165, 1.54) is 22.3 Å². The SMILES string of the molecule is COc1ccc(COC2CCc3ccc(C(Br)CCC#CS(C)(C)C)cc32)cc1. The van der Waals surface area contributed by atoms with Gasteiger partial charge in [0.05, 0.1) is 19.8 Å². The molecule has 2 aromatic rings. The molecule has 0 aliphatic heterocycles. The van der Waals surface area contributed by atoms with E-state index >= 15 is 0 Å². The molecule has 2 aromatic carbocycles. The van der Waals surface area contributed by atoms with E-state index < -0.39 is 10.0 Å². The maximum absolute atomic E-state index is 6.28. The molecule has 156 valence electrons. The smallest absolute Gasteiger partial charge is 0.118 e. The number of rotatable bonds is 7. The van der Waals surface area contributed by atoms with Gasteiger partial charge in [-0.3, -0.25) is 0 Å². The van der Waals surface area contributed by atoms with E-state index in [-0.39, 0.29) is 6.10 Å². The van der Waals surface area contributed by atoms with Crippen LogP contribution in [0.1, 0.15) is 52.4 Å². The molecule has 0 aromatic heterocycles. The van der Waals surface area contributed by atoms with Crippen molar-refractivity contribution in [2.75, 3.05) is 25.9 Å². The van der Waals surface area contributed by atoms with Gasteiger partial charge in [0, 0.05) is 11.2 Å². The molecule has 1 aliphatic carbocycles. The number of hydrogen-bond acceptors (Lipinski definition) is 2. The average Bonchev–Trinajstić information content (AvgIpc) is 3.11. The third-order valence-corrected chi connectivity index (χ3v) is 6.81. The third-order valence-electron chi connectivity index (χ3n) is 5.07. The van der Waals surface area contributed by atoms with Gasteiger partial charge in [-0.2, -0.15) is 10.0 Å². The van der Waals surface area contributed by atoms with Gasteiger partial charge in [-0.25, -0.2) is 0 Å². The Kier molecular flexibility index (Phi) is 7.73. The summed E-state index contributed by atoms with van der Waals surface area (Å²) >= 11 is 3.87. The van der Waals surface area contributed by atoms with Crippen molar-refractivity contribution in [1.29, 1.82) is 0 Å². The van der Waals surface area contributed by atoms with Crippen molar-refractivity contribution in [2.24, 2.45) is 0 Å². The van der Waals surface area contributed by atoms with Crippen LogP contribution in [0.15, 0.2) is 42.5 Å². The highest BCUT2D eigenvalue weighted by Crippen LogP contribution is 2.38. The van der Waals surface area contributed by atoms with Gasteiger partial charge in [0.1, 0.15) is 5.75 Å². The Morgan fingerprint density at radius 3 is 2.59 bits per heavy atom. The second-order valence-corrected chi connectivity index (χ2v) is 13.3. The van der Waals surface area contributed by atoms with Crippen LogP contribution in [-0.2, 0) is 17.8 Å². The molecule has 0 spiro atoms. The summed E-state index contributed by atoms with van der Waals surface area (Å²) in [5, 5.41) is 3.40. The number of ether oxygens (including phenoxy) is 2. The van der Waals surface area contributed by atoms with E-state index in [0.717, 1.165) is 31.4 Å². The van der Waals surface area contributed by atoms with E-state index in [9.17, 15) is 0 Å². The zero-order valence-corrected chi connectivity index (χ0v) is 20.2. The summed E-state index contributed by atoms with van der Waals surface area (Å²) in [5.41, 5.74) is 5.27. The van der Waals surface area contributed by atoms with Crippen LogP contribution in [0, 0.1) is 11.2 Å². The lowest BCUT2D eigenvalue weighted by Gasteiger charge is -2.16. The van der Waals surface area contributed by atoms with Crippen LogP contribution in [0.2, 0.25) is 0 Å². The molecule has 29 heavy (non-hydrogen) atoms. The van der Waals surface area contributed by atoms with Crippen molar-refractivity contribution in [2.45, 2.75) is 43.2 Å². The summed E-state index contributed by atoms with van der Waals surface area (Å²) in [7, 11) is 0.953. The second-order valence-electron chi connectivity index (χ2n) is 8.27. The Balaban J connectivity index is 1.60. The number of halogens is 1. The van der Waals surface area contributed by atoms with Crippen LogP contribution in [0.4, 0.5) is 0 Å². The summed E-state index contributed by atoms with van der Waals surface area (Å²) in [6.45, 7) is 0.626. The maximum atomic E-state index is 6.28. The minimum absolute atomic E-state index is 0.177. The number of aryl methyl sites for hydroxylation is 1. The molecular formula is C25H31BrO2S. The van der Waals surface area contributed by atoms with Crippen molar-refractivity contribution >= 4 is 26.0 Å². The van der Waals surface area contributed by atoms with Crippen molar-refractivity contribution in [3.8, 4) is 16.9 Å². The van der Waals surface area contributed by atoms with Crippen LogP contribution in [0.5, 0.6) is 5.75 Å². The van der Waals surface area contributed by atoms with Gasteiger partial charge >= 0.3 is 0 Å². The Morgan fingerprint density at radius 1 is 1.14 bits per heavy atom. The zero-order chi connectivity index (χ0) is 20.9. The van der Waals surface area contributed by atoms with Gasteiger partial charge in [-0.1, -0.05) is 57.4 Å². The summed E-state index contributed by atoms with van der Waals surface area (Å²) in [5.74, 6) is 4.23. The first-order valence-corrected chi connectivity index (χ1v) is 13.8. The van der Waals surface area contributed by atoms with E-state index in [0.29, 0.717) is 11.4 Å². The molecule has 2 unspecified atom stereocenters. The minimum atomic E-state index is -0.735. The monoisotopic (exact) mass is 474 g/mol. The Hall–Kier alpha value is -1.41. The molecule has 1 aliphatic rings. The van der Waals surface area contributed by atoms with Crippen LogP contribution in [0.25, 0.3) is 0 Å². The van der Waals surface area contributed by atoms with Crippen LogP contribution >= 0.6 is 26.0 Å². The van der Waals surface area contributed by atoms with E-state index in [1.54, 1.807) is 7.11 Å². The van der Waals surface area contributed by atoms with Gasteiger partial charge in [0.15, 0.2) is 0 Å². The van der Waals surface area contributed by atoms with Gasteiger partial charge < -0.3 is 9.47 Å². The standard InChI is InChI=1S/C25H31BrO2S/c1-27-22-13-8-19(9-14-22)18-28-25-15-12-20-10-11-21(17-23(20)25)24(26)7-5-6-16-29(2,3)4/h8-11,13-14,17,24-25H,5,7,12,15,18H2,1-4H3. The molecule has 0 N–H and O–H groups in total. The number of fused-ring (bicyclic) bond motifs is 1. The summed E-state index contributed by atoms with van der Waals surface area (Å²) < 4.78 is 11.5. The van der Waals surface area contributed by atoms with E-state index in [4.69, 9.17) is 9.47 Å². The summed E-state index contributed by atoms with van der Waals surface area (Å²) in [6, 6.07) is 15.0. The Bertz CT molecular complexity index is 874. The first-order chi connectivity index (χ1) is 13.9. The molecule has 0 saturated heterocycles. The van der Waals surface area contributed by atoms with Gasteiger partial charge in [0.2, 0.25) is 0 Å². The largest absolute Gasteiger partial charge is 0.497 e. The van der Waals surface area contributed by atoms with Crippen molar-refractivity contribution < 1.29 is 9.47 Å². The first-order valence-electron chi connectivity index (χ1n) is 10.0. The maximum Gasteiger partial charge on any atom is 0.118 e. The lowest BCUT2D eigenvalue weighted by atomic mass is 10.0. The molecule has 0 saturated carbocycles. The first kappa shape index (κ1) is 22.3. The molecule has 0 amide bonds. The zero-order valence-electron chi connectivity index (χ0n) is 17.8.